The molecule has 1 aromatic carbocycles. The minimum atomic E-state index is 0.332. The maximum absolute atomic E-state index is 5.37. The molecule has 1 atom stereocenters. The lowest BCUT2D eigenvalue weighted by molar-refractivity contribution is 0.193. The largest absolute Gasteiger partial charge is 0.381 e. The van der Waals surface area contributed by atoms with E-state index in [2.05, 4.69) is 31.4 Å². The van der Waals surface area contributed by atoms with Gasteiger partial charge in [-0.15, -0.1) is 0 Å². The monoisotopic (exact) mass is 269 g/mol. The second kappa shape index (κ2) is 4.72. The molecule has 1 saturated heterocycles. The molecule has 6 heteroatoms. The summed E-state index contributed by atoms with van der Waals surface area (Å²) < 4.78 is 5.37. The van der Waals surface area contributed by atoms with Crippen LogP contribution in [-0.2, 0) is 11.2 Å². The van der Waals surface area contributed by atoms with Gasteiger partial charge in [-0.3, -0.25) is 10.2 Å². The number of ether oxygens (including phenoxy) is 1. The summed E-state index contributed by atoms with van der Waals surface area (Å²) in [5.41, 5.74) is 2.04. The number of benzene rings is 1. The van der Waals surface area contributed by atoms with E-state index in [0.717, 1.165) is 47.9 Å². The number of H-pyrrole nitrogens is 2. The Morgan fingerprint density at radius 1 is 1.20 bits per heavy atom. The van der Waals surface area contributed by atoms with Crippen LogP contribution < -0.4 is 0 Å². The fraction of sp³-hybridized carbons (Fsp3) is 0.357. The molecule has 0 unspecified atom stereocenters. The summed E-state index contributed by atoms with van der Waals surface area (Å²) in [6.07, 6.45) is 1.69. The molecular formula is C14H15N5O. The van der Waals surface area contributed by atoms with E-state index in [0.29, 0.717) is 12.3 Å². The van der Waals surface area contributed by atoms with Gasteiger partial charge in [0.2, 0.25) is 0 Å². The second-order valence-electron chi connectivity index (χ2n) is 5.10. The van der Waals surface area contributed by atoms with Gasteiger partial charge in [0.25, 0.3) is 0 Å². The Labute approximate surface area is 115 Å². The Morgan fingerprint density at radius 2 is 2.15 bits per heavy atom. The van der Waals surface area contributed by atoms with Gasteiger partial charge in [-0.05, 0) is 12.5 Å². The number of aromatic nitrogens is 5. The minimum Gasteiger partial charge on any atom is -0.381 e. The molecule has 0 amide bonds. The molecule has 1 aliphatic rings. The summed E-state index contributed by atoms with van der Waals surface area (Å²) in [7, 11) is 0. The first-order chi connectivity index (χ1) is 9.90. The molecule has 1 fully saturated rings. The molecule has 3 aromatic rings. The maximum atomic E-state index is 5.37. The van der Waals surface area contributed by atoms with E-state index in [1.807, 2.05) is 18.2 Å². The summed E-state index contributed by atoms with van der Waals surface area (Å²) in [6.45, 7) is 1.53. The smallest absolute Gasteiger partial charge is 0.156 e. The van der Waals surface area contributed by atoms with Crippen molar-refractivity contribution in [2.24, 2.45) is 0 Å². The van der Waals surface area contributed by atoms with Crippen molar-refractivity contribution in [3.63, 3.8) is 0 Å². The standard InChI is InChI=1S/C14H15N5O/c1-2-4-11-10(3-1)12(17-16-11)7-13-15-14(19-18-13)9-5-6-20-8-9/h1-4,9H,5-8H2,(H,16,17)(H,15,18,19)/t9-/m1/s1. The lowest BCUT2D eigenvalue weighted by atomic mass is 10.1. The summed E-state index contributed by atoms with van der Waals surface area (Å²) in [6, 6.07) is 8.07. The van der Waals surface area contributed by atoms with Crippen molar-refractivity contribution in [1.82, 2.24) is 25.4 Å². The first-order valence-corrected chi connectivity index (χ1v) is 6.81. The highest BCUT2D eigenvalue weighted by Gasteiger charge is 2.22. The van der Waals surface area contributed by atoms with Gasteiger partial charge in [0.05, 0.1) is 17.8 Å². The summed E-state index contributed by atoms with van der Waals surface area (Å²) in [5, 5.41) is 15.8. The van der Waals surface area contributed by atoms with Crippen LogP contribution in [0.4, 0.5) is 0 Å². The van der Waals surface area contributed by atoms with Gasteiger partial charge < -0.3 is 4.74 Å². The van der Waals surface area contributed by atoms with Gasteiger partial charge >= 0.3 is 0 Å². The predicted octanol–water partition coefficient (Wildman–Crippen LogP) is 1.78. The first kappa shape index (κ1) is 11.6. The van der Waals surface area contributed by atoms with Gasteiger partial charge in [-0.2, -0.15) is 10.2 Å². The number of hydrogen-bond acceptors (Lipinski definition) is 4. The fourth-order valence-corrected chi connectivity index (χ4v) is 2.63. The molecule has 0 aliphatic carbocycles. The summed E-state index contributed by atoms with van der Waals surface area (Å²) in [4.78, 5) is 4.58. The van der Waals surface area contributed by atoms with Gasteiger partial charge in [-0.1, -0.05) is 18.2 Å². The van der Waals surface area contributed by atoms with E-state index < -0.39 is 0 Å². The molecule has 6 nitrogen and oxygen atoms in total. The van der Waals surface area contributed by atoms with Crippen LogP contribution in [0.5, 0.6) is 0 Å². The van der Waals surface area contributed by atoms with E-state index in [1.165, 1.54) is 0 Å². The SMILES string of the molecule is c1ccc2c(Cc3nc([C@@H]4CCOC4)n[nH]3)[nH]nc2c1. The average Bonchev–Trinajstić information content (AvgIpc) is 3.19. The van der Waals surface area contributed by atoms with Crippen LogP contribution in [0.15, 0.2) is 24.3 Å². The zero-order valence-electron chi connectivity index (χ0n) is 11.0. The van der Waals surface area contributed by atoms with Crippen LogP contribution in [0.1, 0.15) is 29.7 Å². The van der Waals surface area contributed by atoms with E-state index >= 15 is 0 Å². The predicted molar refractivity (Wildman–Crippen MR) is 73.5 cm³/mol. The van der Waals surface area contributed by atoms with E-state index in [4.69, 9.17) is 4.74 Å². The Morgan fingerprint density at radius 3 is 3.05 bits per heavy atom. The molecular weight excluding hydrogens is 254 g/mol. The van der Waals surface area contributed by atoms with Crippen LogP contribution in [0.2, 0.25) is 0 Å². The van der Waals surface area contributed by atoms with Gasteiger partial charge in [-0.25, -0.2) is 4.98 Å². The molecule has 2 N–H and O–H groups in total. The van der Waals surface area contributed by atoms with Crippen molar-refractivity contribution in [2.75, 3.05) is 13.2 Å². The maximum Gasteiger partial charge on any atom is 0.156 e. The van der Waals surface area contributed by atoms with Crippen molar-refractivity contribution in [2.45, 2.75) is 18.8 Å². The van der Waals surface area contributed by atoms with Crippen LogP contribution in [0.3, 0.4) is 0 Å². The number of para-hydroxylation sites is 1. The van der Waals surface area contributed by atoms with Crippen LogP contribution in [0, 0.1) is 0 Å². The lowest BCUT2D eigenvalue weighted by Crippen LogP contribution is -2.00. The molecule has 102 valence electrons. The highest BCUT2D eigenvalue weighted by molar-refractivity contribution is 5.81. The normalized spacial score (nSPS) is 18.9. The van der Waals surface area contributed by atoms with Crippen LogP contribution >= 0.6 is 0 Å². The van der Waals surface area contributed by atoms with E-state index in [-0.39, 0.29) is 0 Å². The van der Waals surface area contributed by atoms with E-state index in [1.54, 1.807) is 0 Å². The third-order valence-corrected chi connectivity index (χ3v) is 3.73. The van der Waals surface area contributed by atoms with Crippen molar-refractivity contribution in [1.29, 1.82) is 0 Å². The van der Waals surface area contributed by atoms with E-state index in [9.17, 15) is 0 Å². The zero-order valence-corrected chi connectivity index (χ0v) is 11.0. The quantitative estimate of drug-likeness (QED) is 0.759. The highest BCUT2D eigenvalue weighted by atomic mass is 16.5. The Balaban J connectivity index is 1.59. The van der Waals surface area contributed by atoms with Gasteiger partial charge in [0.15, 0.2) is 5.82 Å². The van der Waals surface area contributed by atoms with Crippen molar-refractivity contribution in [3.05, 3.63) is 41.6 Å². The third-order valence-electron chi connectivity index (χ3n) is 3.73. The first-order valence-electron chi connectivity index (χ1n) is 6.81. The zero-order chi connectivity index (χ0) is 13.4. The second-order valence-corrected chi connectivity index (χ2v) is 5.10. The topological polar surface area (TPSA) is 79.5 Å². The Bertz CT molecular complexity index is 726. The Kier molecular flexibility index (Phi) is 2.74. The molecule has 20 heavy (non-hydrogen) atoms. The number of nitrogens with zero attached hydrogens (tertiary/aromatic N) is 3. The molecule has 1 aliphatic heterocycles. The van der Waals surface area contributed by atoms with Crippen molar-refractivity contribution < 1.29 is 4.74 Å². The highest BCUT2D eigenvalue weighted by Crippen LogP contribution is 2.22. The van der Waals surface area contributed by atoms with Gasteiger partial charge in [0.1, 0.15) is 5.82 Å². The molecule has 0 saturated carbocycles. The average molecular weight is 269 g/mol. The minimum absolute atomic E-state index is 0.332. The number of aromatic amines is 2. The molecule has 0 spiro atoms. The number of hydrogen-bond donors (Lipinski definition) is 2. The molecule has 4 rings (SSSR count). The molecule has 2 aromatic heterocycles. The number of rotatable bonds is 3. The van der Waals surface area contributed by atoms with Gasteiger partial charge in [0, 0.05) is 24.3 Å². The fourth-order valence-electron chi connectivity index (χ4n) is 2.63. The molecule has 0 bridgehead atoms. The lowest BCUT2D eigenvalue weighted by Gasteiger charge is -1.99. The summed E-state index contributed by atoms with van der Waals surface area (Å²) >= 11 is 0. The van der Waals surface area contributed by atoms with Crippen molar-refractivity contribution >= 4 is 10.9 Å². The summed E-state index contributed by atoms with van der Waals surface area (Å²) in [5.74, 6) is 2.06. The third kappa shape index (κ3) is 1.98. The van der Waals surface area contributed by atoms with Crippen LogP contribution in [-0.4, -0.2) is 38.6 Å². The van der Waals surface area contributed by atoms with Crippen molar-refractivity contribution in [3.8, 4) is 0 Å². The Hall–Kier alpha value is -2.21. The number of fused-ring (bicyclic) bond motifs is 1. The van der Waals surface area contributed by atoms with Crippen LogP contribution in [0.25, 0.3) is 10.9 Å². The number of nitrogens with one attached hydrogen (secondary N) is 2. The molecule has 3 heterocycles. The molecule has 0 radical (unpaired) electrons.